The molecule has 0 aliphatic rings. The molecule has 0 bridgehead atoms. The minimum atomic E-state index is -0.979. The number of benzene rings is 1. The summed E-state index contributed by atoms with van der Waals surface area (Å²) in [5.74, 6) is -0.0981. The lowest BCUT2D eigenvalue weighted by molar-refractivity contribution is -0.122. The van der Waals surface area contributed by atoms with E-state index in [0.29, 0.717) is 12.2 Å². The minimum absolute atomic E-state index is 0.259. The summed E-state index contributed by atoms with van der Waals surface area (Å²) < 4.78 is 12.6. The molecule has 0 saturated heterocycles. The summed E-state index contributed by atoms with van der Waals surface area (Å²) >= 11 is 1.52. The second-order valence-corrected chi connectivity index (χ2v) is 5.00. The van der Waals surface area contributed by atoms with Gasteiger partial charge in [-0.2, -0.15) is 0 Å². The van der Waals surface area contributed by atoms with Gasteiger partial charge in [0.2, 0.25) is 5.91 Å². The molecule has 16 heavy (non-hydrogen) atoms. The molecule has 1 aromatic carbocycles. The first-order chi connectivity index (χ1) is 7.42. The second-order valence-electron chi connectivity index (χ2n) is 3.83. The van der Waals surface area contributed by atoms with Crippen LogP contribution in [-0.4, -0.2) is 17.2 Å². The normalized spacial score (nSPS) is 14.4. The van der Waals surface area contributed by atoms with Crippen LogP contribution in [0.3, 0.4) is 0 Å². The van der Waals surface area contributed by atoms with Gasteiger partial charge in [0.05, 0.1) is 5.54 Å². The largest absolute Gasteiger partial charge is 0.368 e. The van der Waals surface area contributed by atoms with Crippen molar-refractivity contribution in [1.29, 1.82) is 0 Å². The van der Waals surface area contributed by atoms with E-state index in [4.69, 9.17) is 11.5 Å². The number of thioether (sulfide) groups is 1. The Labute approximate surface area is 98.4 Å². The highest BCUT2D eigenvalue weighted by molar-refractivity contribution is 7.99. The Kier molecular flexibility index (Phi) is 4.32. The molecule has 0 heterocycles. The number of primary amides is 1. The second kappa shape index (κ2) is 5.32. The predicted octanol–water partition coefficient (Wildman–Crippen LogP) is 1.51. The molecule has 1 rings (SSSR count). The number of nitrogens with two attached hydrogens (primary N) is 2. The van der Waals surface area contributed by atoms with E-state index >= 15 is 0 Å². The van der Waals surface area contributed by atoms with E-state index in [-0.39, 0.29) is 5.82 Å². The molecular formula is C11H15FN2OS. The highest BCUT2D eigenvalue weighted by atomic mass is 32.2. The molecule has 1 unspecified atom stereocenters. The molecule has 0 radical (unpaired) electrons. The topological polar surface area (TPSA) is 69.1 Å². The average molecular weight is 242 g/mol. The van der Waals surface area contributed by atoms with E-state index in [0.717, 1.165) is 4.90 Å². The van der Waals surface area contributed by atoms with Crippen LogP contribution in [0.25, 0.3) is 0 Å². The van der Waals surface area contributed by atoms with Gasteiger partial charge in [-0.3, -0.25) is 4.79 Å². The van der Waals surface area contributed by atoms with Gasteiger partial charge in [-0.1, -0.05) is 0 Å². The van der Waals surface area contributed by atoms with Crippen molar-refractivity contribution in [2.75, 3.05) is 5.75 Å². The Hall–Kier alpha value is -1.07. The summed E-state index contributed by atoms with van der Waals surface area (Å²) in [5.41, 5.74) is 9.87. The van der Waals surface area contributed by atoms with Gasteiger partial charge in [-0.25, -0.2) is 4.39 Å². The molecule has 1 aromatic rings. The molecule has 0 saturated carbocycles. The molecule has 0 aromatic heterocycles. The molecular weight excluding hydrogens is 227 g/mol. The number of hydrogen-bond donors (Lipinski definition) is 2. The molecule has 0 aliphatic carbocycles. The third-order valence-electron chi connectivity index (χ3n) is 2.27. The number of rotatable bonds is 5. The molecule has 0 aliphatic heterocycles. The molecule has 4 N–H and O–H groups in total. The first-order valence-electron chi connectivity index (χ1n) is 4.89. The summed E-state index contributed by atoms with van der Waals surface area (Å²) in [4.78, 5) is 11.9. The van der Waals surface area contributed by atoms with Crippen LogP contribution >= 0.6 is 11.8 Å². The molecule has 88 valence electrons. The molecule has 1 atom stereocenters. The Bertz CT molecular complexity index is 365. The molecule has 5 heteroatoms. The number of carbonyl (C=O) groups excluding carboxylic acids is 1. The van der Waals surface area contributed by atoms with Crippen LogP contribution in [0.4, 0.5) is 4.39 Å². The fraction of sp³-hybridized carbons (Fsp3) is 0.364. The summed E-state index contributed by atoms with van der Waals surface area (Å²) in [6.45, 7) is 1.61. The SMILES string of the molecule is CC(N)(CCSc1ccc(F)cc1)C(N)=O. The third kappa shape index (κ3) is 3.83. The van der Waals surface area contributed by atoms with Gasteiger partial charge in [0, 0.05) is 10.6 Å². The van der Waals surface area contributed by atoms with Gasteiger partial charge < -0.3 is 11.5 Å². The highest BCUT2D eigenvalue weighted by Crippen LogP contribution is 2.21. The number of hydrogen-bond acceptors (Lipinski definition) is 3. The molecule has 0 spiro atoms. The molecule has 3 nitrogen and oxygen atoms in total. The quantitative estimate of drug-likeness (QED) is 0.769. The lowest BCUT2D eigenvalue weighted by Gasteiger charge is -2.19. The zero-order chi connectivity index (χ0) is 12.2. The standard InChI is InChI=1S/C11H15FN2OS/c1-11(14,10(13)15)6-7-16-9-4-2-8(12)3-5-9/h2-5H,6-7,14H2,1H3,(H2,13,15). The summed E-state index contributed by atoms with van der Waals surface area (Å²) in [7, 11) is 0. The van der Waals surface area contributed by atoms with E-state index in [1.54, 1.807) is 19.1 Å². The van der Waals surface area contributed by atoms with Crippen molar-refractivity contribution in [1.82, 2.24) is 0 Å². The fourth-order valence-electron chi connectivity index (χ4n) is 1.03. The summed E-state index contributed by atoms with van der Waals surface area (Å²) in [6.07, 6.45) is 0.490. The third-order valence-corrected chi connectivity index (χ3v) is 3.28. The maximum absolute atomic E-state index is 12.6. The highest BCUT2D eigenvalue weighted by Gasteiger charge is 2.24. The van der Waals surface area contributed by atoms with Crippen LogP contribution in [0.5, 0.6) is 0 Å². The van der Waals surface area contributed by atoms with Crippen molar-refractivity contribution >= 4 is 17.7 Å². The van der Waals surface area contributed by atoms with Crippen molar-refractivity contribution in [3.8, 4) is 0 Å². The van der Waals surface area contributed by atoms with Crippen molar-refractivity contribution in [3.05, 3.63) is 30.1 Å². The minimum Gasteiger partial charge on any atom is -0.368 e. The lowest BCUT2D eigenvalue weighted by atomic mass is 10.0. The monoisotopic (exact) mass is 242 g/mol. The Morgan fingerprint density at radius 2 is 2.00 bits per heavy atom. The predicted molar refractivity (Wildman–Crippen MR) is 63.5 cm³/mol. The van der Waals surface area contributed by atoms with Crippen molar-refractivity contribution in [2.45, 2.75) is 23.8 Å². The van der Waals surface area contributed by atoms with E-state index < -0.39 is 11.4 Å². The Balaban J connectivity index is 2.41. The molecule has 0 fully saturated rings. The summed E-state index contributed by atoms with van der Waals surface area (Å²) in [5, 5.41) is 0. The van der Waals surface area contributed by atoms with Crippen LogP contribution in [-0.2, 0) is 4.79 Å². The first-order valence-corrected chi connectivity index (χ1v) is 5.87. The number of amides is 1. The van der Waals surface area contributed by atoms with Crippen molar-refractivity contribution in [3.63, 3.8) is 0 Å². The van der Waals surface area contributed by atoms with E-state index in [1.807, 2.05) is 0 Å². The van der Waals surface area contributed by atoms with Crippen LogP contribution in [0, 0.1) is 5.82 Å². The average Bonchev–Trinajstić information content (AvgIpc) is 2.20. The van der Waals surface area contributed by atoms with Gasteiger partial charge >= 0.3 is 0 Å². The zero-order valence-electron chi connectivity index (χ0n) is 9.07. The Morgan fingerprint density at radius 3 is 2.50 bits per heavy atom. The van der Waals surface area contributed by atoms with Crippen LogP contribution < -0.4 is 11.5 Å². The maximum Gasteiger partial charge on any atom is 0.237 e. The van der Waals surface area contributed by atoms with Gasteiger partial charge in [0.1, 0.15) is 5.82 Å². The van der Waals surface area contributed by atoms with Gasteiger partial charge in [-0.15, -0.1) is 11.8 Å². The van der Waals surface area contributed by atoms with E-state index in [2.05, 4.69) is 0 Å². The van der Waals surface area contributed by atoms with Gasteiger partial charge in [-0.05, 0) is 37.6 Å². The molecule has 1 amide bonds. The van der Waals surface area contributed by atoms with Crippen molar-refractivity contribution in [2.24, 2.45) is 11.5 Å². The smallest absolute Gasteiger partial charge is 0.237 e. The zero-order valence-corrected chi connectivity index (χ0v) is 9.89. The van der Waals surface area contributed by atoms with Gasteiger partial charge in [0.25, 0.3) is 0 Å². The van der Waals surface area contributed by atoms with Crippen molar-refractivity contribution < 1.29 is 9.18 Å². The lowest BCUT2D eigenvalue weighted by Crippen LogP contribution is -2.49. The van der Waals surface area contributed by atoms with Crippen LogP contribution in [0.2, 0.25) is 0 Å². The first kappa shape index (κ1) is 13.0. The maximum atomic E-state index is 12.6. The van der Waals surface area contributed by atoms with Crippen LogP contribution in [0.1, 0.15) is 13.3 Å². The number of carbonyl (C=O) groups is 1. The summed E-state index contributed by atoms with van der Waals surface area (Å²) in [6, 6.07) is 6.19. The van der Waals surface area contributed by atoms with Crippen LogP contribution in [0.15, 0.2) is 29.2 Å². The van der Waals surface area contributed by atoms with E-state index in [9.17, 15) is 9.18 Å². The van der Waals surface area contributed by atoms with E-state index in [1.165, 1.54) is 23.9 Å². The Morgan fingerprint density at radius 1 is 1.44 bits per heavy atom. The van der Waals surface area contributed by atoms with Gasteiger partial charge in [0.15, 0.2) is 0 Å². The fourth-order valence-corrected chi connectivity index (χ4v) is 2.13. The number of halogens is 1.